The first kappa shape index (κ1) is 15.1. The van der Waals surface area contributed by atoms with E-state index >= 15 is 0 Å². The van der Waals surface area contributed by atoms with Crippen molar-refractivity contribution in [3.63, 3.8) is 0 Å². The molecule has 0 saturated heterocycles. The Morgan fingerprint density at radius 1 is 1.28 bits per heavy atom. The molecule has 1 amide bonds. The minimum atomic E-state index is 0.0414. The monoisotopic (exact) mass is 265 g/mol. The SMILES string of the molecule is CCCC(C)NC(=O)c1ccccc1SC(C)C. The summed E-state index contributed by atoms with van der Waals surface area (Å²) in [6.07, 6.45) is 2.11. The molecule has 0 aromatic heterocycles. The van der Waals surface area contributed by atoms with Gasteiger partial charge >= 0.3 is 0 Å². The van der Waals surface area contributed by atoms with Gasteiger partial charge in [0, 0.05) is 16.2 Å². The summed E-state index contributed by atoms with van der Waals surface area (Å²) in [5, 5.41) is 3.54. The van der Waals surface area contributed by atoms with E-state index in [1.807, 2.05) is 24.3 Å². The van der Waals surface area contributed by atoms with Crippen molar-refractivity contribution in [1.82, 2.24) is 5.32 Å². The van der Waals surface area contributed by atoms with Crippen LogP contribution in [0.5, 0.6) is 0 Å². The molecule has 1 aromatic rings. The highest BCUT2D eigenvalue weighted by Crippen LogP contribution is 2.26. The molecule has 1 unspecified atom stereocenters. The highest BCUT2D eigenvalue weighted by atomic mass is 32.2. The smallest absolute Gasteiger partial charge is 0.252 e. The summed E-state index contributed by atoms with van der Waals surface area (Å²) < 4.78 is 0. The van der Waals surface area contributed by atoms with Gasteiger partial charge in [-0.2, -0.15) is 0 Å². The Bertz CT molecular complexity index is 390. The van der Waals surface area contributed by atoms with Gasteiger partial charge in [0.1, 0.15) is 0 Å². The van der Waals surface area contributed by atoms with Crippen molar-refractivity contribution < 1.29 is 4.79 Å². The molecular weight excluding hydrogens is 242 g/mol. The van der Waals surface area contributed by atoms with E-state index in [4.69, 9.17) is 0 Å². The quantitative estimate of drug-likeness (QED) is 0.784. The van der Waals surface area contributed by atoms with Crippen LogP contribution >= 0.6 is 11.8 Å². The van der Waals surface area contributed by atoms with E-state index < -0.39 is 0 Å². The van der Waals surface area contributed by atoms with Crippen molar-refractivity contribution in [2.45, 2.75) is 56.7 Å². The first-order chi connectivity index (χ1) is 8.54. The summed E-state index contributed by atoms with van der Waals surface area (Å²) in [6.45, 7) is 8.46. The topological polar surface area (TPSA) is 29.1 Å². The minimum absolute atomic E-state index is 0.0414. The van der Waals surface area contributed by atoms with Crippen molar-refractivity contribution in [2.75, 3.05) is 0 Å². The zero-order valence-electron chi connectivity index (χ0n) is 11.7. The second-order valence-electron chi connectivity index (χ2n) is 4.83. The molecular formula is C15H23NOS. The lowest BCUT2D eigenvalue weighted by atomic mass is 10.1. The molecule has 2 nitrogen and oxygen atoms in total. The van der Waals surface area contributed by atoms with Crippen LogP contribution < -0.4 is 5.32 Å². The van der Waals surface area contributed by atoms with Crippen LogP contribution in [0.2, 0.25) is 0 Å². The minimum Gasteiger partial charge on any atom is -0.350 e. The number of benzene rings is 1. The van der Waals surface area contributed by atoms with Crippen LogP contribution in [-0.4, -0.2) is 17.2 Å². The molecule has 0 bridgehead atoms. The number of hydrogen-bond donors (Lipinski definition) is 1. The first-order valence-electron chi connectivity index (χ1n) is 6.61. The maximum Gasteiger partial charge on any atom is 0.252 e. The molecule has 1 rings (SSSR count). The first-order valence-corrected chi connectivity index (χ1v) is 7.49. The highest BCUT2D eigenvalue weighted by Gasteiger charge is 2.14. The van der Waals surface area contributed by atoms with Gasteiger partial charge in [-0.05, 0) is 25.5 Å². The van der Waals surface area contributed by atoms with E-state index in [9.17, 15) is 4.79 Å². The summed E-state index contributed by atoms with van der Waals surface area (Å²) in [4.78, 5) is 13.3. The second kappa shape index (κ2) is 7.47. The average molecular weight is 265 g/mol. The third-order valence-electron chi connectivity index (χ3n) is 2.59. The summed E-state index contributed by atoms with van der Waals surface area (Å²) >= 11 is 1.73. The Morgan fingerprint density at radius 3 is 2.56 bits per heavy atom. The van der Waals surface area contributed by atoms with Crippen molar-refractivity contribution in [3.05, 3.63) is 29.8 Å². The Kier molecular flexibility index (Phi) is 6.27. The third kappa shape index (κ3) is 4.73. The predicted molar refractivity (Wildman–Crippen MR) is 79.3 cm³/mol. The van der Waals surface area contributed by atoms with Crippen LogP contribution in [0, 0.1) is 0 Å². The third-order valence-corrected chi connectivity index (χ3v) is 3.67. The van der Waals surface area contributed by atoms with Gasteiger partial charge in [-0.1, -0.05) is 39.3 Å². The number of nitrogens with one attached hydrogen (secondary N) is 1. The molecule has 0 aliphatic carbocycles. The second-order valence-corrected chi connectivity index (χ2v) is 6.44. The Hall–Kier alpha value is -0.960. The lowest BCUT2D eigenvalue weighted by molar-refractivity contribution is 0.0935. The Morgan fingerprint density at radius 2 is 1.94 bits per heavy atom. The van der Waals surface area contributed by atoms with Gasteiger partial charge in [0.2, 0.25) is 0 Å². The molecule has 3 heteroatoms. The van der Waals surface area contributed by atoms with E-state index in [-0.39, 0.29) is 11.9 Å². The highest BCUT2D eigenvalue weighted by molar-refractivity contribution is 8.00. The maximum absolute atomic E-state index is 12.2. The standard InChI is InChI=1S/C15H23NOS/c1-5-8-12(4)16-15(17)13-9-6-7-10-14(13)18-11(2)3/h6-7,9-12H,5,8H2,1-4H3,(H,16,17). The number of rotatable bonds is 6. The van der Waals surface area contributed by atoms with E-state index in [0.717, 1.165) is 23.3 Å². The molecule has 0 spiro atoms. The molecule has 1 atom stereocenters. The van der Waals surface area contributed by atoms with Crippen molar-refractivity contribution in [2.24, 2.45) is 0 Å². The Balaban J connectivity index is 2.78. The molecule has 0 heterocycles. The number of hydrogen-bond acceptors (Lipinski definition) is 2. The normalized spacial score (nSPS) is 12.5. The van der Waals surface area contributed by atoms with Crippen LogP contribution in [0.15, 0.2) is 29.2 Å². The molecule has 0 aliphatic rings. The molecule has 0 aliphatic heterocycles. The maximum atomic E-state index is 12.2. The van der Waals surface area contributed by atoms with Gasteiger partial charge in [0.15, 0.2) is 0 Å². The predicted octanol–water partition coefficient (Wildman–Crippen LogP) is 4.11. The van der Waals surface area contributed by atoms with Gasteiger partial charge < -0.3 is 5.32 Å². The zero-order valence-corrected chi connectivity index (χ0v) is 12.5. The fourth-order valence-corrected chi connectivity index (χ4v) is 2.77. The van der Waals surface area contributed by atoms with E-state index in [1.54, 1.807) is 11.8 Å². The summed E-state index contributed by atoms with van der Waals surface area (Å²) in [5.74, 6) is 0.0414. The van der Waals surface area contributed by atoms with Crippen LogP contribution in [0.1, 0.15) is 50.9 Å². The molecule has 1 aromatic carbocycles. The average Bonchev–Trinajstić information content (AvgIpc) is 2.28. The van der Waals surface area contributed by atoms with Crippen molar-refractivity contribution in [1.29, 1.82) is 0 Å². The van der Waals surface area contributed by atoms with Gasteiger partial charge in [0.25, 0.3) is 5.91 Å². The lowest BCUT2D eigenvalue weighted by Crippen LogP contribution is -2.32. The van der Waals surface area contributed by atoms with Crippen LogP contribution in [0.25, 0.3) is 0 Å². The van der Waals surface area contributed by atoms with E-state index in [1.165, 1.54) is 0 Å². The lowest BCUT2D eigenvalue weighted by Gasteiger charge is -2.15. The van der Waals surface area contributed by atoms with Gasteiger partial charge in [-0.25, -0.2) is 0 Å². The van der Waals surface area contributed by atoms with Gasteiger partial charge in [-0.15, -0.1) is 11.8 Å². The summed E-state index contributed by atoms with van der Waals surface area (Å²) in [5.41, 5.74) is 0.791. The van der Waals surface area contributed by atoms with Crippen LogP contribution in [0.4, 0.5) is 0 Å². The fourth-order valence-electron chi connectivity index (χ4n) is 1.82. The van der Waals surface area contributed by atoms with Crippen LogP contribution in [0.3, 0.4) is 0 Å². The van der Waals surface area contributed by atoms with E-state index in [0.29, 0.717) is 5.25 Å². The van der Waals surface area contributed by atoms with Crippen LogP contribution in [-0.2, 0) is 0 Å². The number of carbonyl (C=O) groups is 1. The van der Waals surface area contributed by atoms with Gasteiger partial charge in [-0.3, -0.25) is 4.79 Å². The largest absolute Gasteiger partial charge is 0.350 e. The number of thioether (sulfide) groups is 1. The number of carbonyl (C=O) groups excluding carboxylic acids is 1. The Labute approximate surface area is 115 Å². The van der Waals surface area contributed by atoms with Gasteiger partial charge in [0.05, 0.1) is 5.56 Å². The van der Waals surface area contributed by atoms with E-state index in [2.05, 4.69) is 33.0 Å². The van der Waals surface area contributed by atoms with Crippen molar-refractivity contribution >= 4 is 17.7 Å². The summed E-state index contributed by atoms with van der Waals surface area (Å²) in [7, 11) is 0. The zero-order chi connectivity index (χ0) is 13.5. The summed E-state index contributed by atoms with van der Waals surface area (Å²) in [6, 6.07) is 8.06. The fraction of sp³-hybridized carbons (Fsp3) is 0.533. The molecule has 0 fully saturated rings. The molecule has 1 N–H and O–H groups in total. The molecule has 0 saturated carbocycles. The molecule has 18 heavy (non-hydrogen) atoms. The van der Waals surface area contributed by atoms with Crippen molar-refractivity contribution in [3.8, 4) is 0 Å². The molecule has 0 radical (unpaired) electrons. The number of amides is 1. The molecule has 100 valence electrons.